The Hall–Kier alpha value is -1.87. The fourth-order valence-electron chi connectivity index (χ4n) is 1.93. The van der Waals surface area contributed by atoms with E-state index in [2.05, 4.69) is 22.4 Å². The lowest BCUT2D eigenvalue weighted by atomic mass is 10.1. The number of carbonyl (C=O) groups excluding carboxylic acids is 1. The lowest BCUT2D eigenvalue weighted by Crippen LogP contribution is -2.25. The molecule has 1 aromatic heterocycles. The SMILES string of the molecule is Cc1cc(Cl)c(C(=O)NCCCc2ccccc2)cn1. The smallest absolute Gasteiger partial charge is 0.254 e. The maximum absolute atomic E-state index is 12.0. The van der Waals surface area contributed by atoms with Crippen LogP contribution in [0.15, 0.2) is 42.6 Å². The average Bonchev–Trinajstić information content (AvgIpc) is 2.44. The molecule has 0 spiro atoms. The lowest BCUT2D eigenvalue weighted by Gasteiger charge is -2.07. The van der Waals surface area contributed by atoms with E-state index in [-0.39, 0.29) is 5.91 Å². The largest absolute Gasteiger partial charge is 0.352 e. The van der Waals surface area contributed by atoms with Gasteiger partial charge in [-0.05, 0) is 31.4 Å². The summed E-state index contributed by atoms with van der Waals surface area (Å²) < 4.78 is 0. The number of aromatic nitrogens is 1. The molecule has 2 rings (SSSR count). The number of nitrogens with one attached hydrogen (secondary N) is 1. The number of hydrogen-bond acceptors (Lipinski definition) is 2. The highest BCUT2D eigenvalue weighted by Gasteiger charge is 2.10. The van der Waals surface area contributed by atoms with Gasteiger partial charge in [-0.3, -0.25) is 9.78 Å². The van der Waals surface area contributed by atoms with Gasteiger partial charge in [-0.2, -0.15) is 0 Å². The predicted molar refractivity (Wildman–Crippen MR) is 81.1 cm³/mol. The normalized spacial score (nSPS) is 10.3. The molecule has 1 N–H and O–H groups in total. The summed E-state index contributed by atoms with van der Waals surface area (Å²) in [5, 5.41) is 3.31. The molecular formula is C16H17ClN2O. The van der Waals surface area contributed by atoms with Crippen molar-refractivity contribution in [3.05, 3.63) is 64.4 Å². The fraction of sp³-hybridized carbons (Fsp3) is 0.250. The minimum atomic E-state index is -0.171. The first kappa shape index (κ1) is 14.5. The number of halogens is 1. The van der Waals surface area contributed by atoms with Crippen LogP contribution in [0.2, 0.25) is 5.02 Å². The van der Waals surface area contributed by atoms with Gasteiger partial charge in [-0.15, -0.1) is 0 Å². The van der Waals surface area contributed by atoms with Crippen LogP contribution in [0.25, 0.3) is 0 Å². The highest BCUT2D eigenvalue weighted by molar-refractivity contribution is 6.33. The molecular weight excluding hydrogens is 272 g/mol. The van der Waals surface area contributed by atoms with E-state index in [0.29, 0.717) is 17.1 Å². The van der Waals surface area contributed by atoms with Crippen LogP contribution in [0.1, 0.15) is 28.0 Å². The van der Waals surface area contributed by atoms with E-state index in [4.69, 9.17) is 11.6 Å². The summed E-state index contributed by atoms with van der Waals surface area (Å²) in [5.74, 6) is -0.171. The van der Waals surface area contributed by atoms with Gasteiger partial charge < -0.3 is 5.32 Å². The Labute approximate surface area is 124 Å². The van der Waals surface area contributed by atoms with Gasteiger partial charge in [0.2, 0.25) is 0 Å². The van der Waals surface area contributed by atoms with Gasteiger partial charge in [0.25, 0.3) is 5.91 Å². The summed E-state index contributed by atoms with van der Waals surface area (Å²) in [7, 11) is 0. The summed E-state index contributed by atoms with van der Waals surface area (Å²) >= 11 is 6.03. The number of hydrogen-bond donors (Lipinski definition) is 1. The van der Waals surface area contributed by atoms with Crippen LogP contribution in [0.3, 0.4) is 0 Å². The standard InChI is InChI=1S/C16H17ClN2O/c1-12-10-15(17)14(11-19-12)16(20)18-9-5-8-13-6-3-2-4-7-13/h2-4,6-7,10-11H,5,8-9H2,1H3,(H,18,20). The number of carbonyl (C=O) groups is 1. The van der Waals surface area contributed by atoms with Crippen LogP contribution < -0.4 is 5.32 Å². The number of aryl methyl sites for hydroxylation is 2. The van der Waals surface area contributed by atoms with Crippen LogP contribution in [-0.2, 0) is 6.42 Å². The highest BCUT2D eigenvalue weighted by atomic mass is 35.5. The molecule has 1 amide bonds. The molecule has 0 atom stereocenters. The van der Waals surface area contributed by atoms with Crippen molar-refractivity contribution in [2.45, 2.75) is 19.8 Å². The molecule has 0 saturated carbocycles. The fourth-order valence-corrected chi connectivity index (χ4v) is 2.22. The molecule has 0 bridgehead atoms. The topological polar surface area (TPSA) is 42.0 Å². The van der Waals surface area contributed by atoms with Crippen molar-refractivity contribution in [2.75, 3.05) is 6.54 Å². The van der Waals surface area contributed by atoms with Gasteiger partial charge in [0.15, 0.2) is 0 Å². The Morgan fingerprint density at radius 3 is 2.75 bits per heavy atom. The zero-order valence-electron chi connectivity index (χ0n) is 11.4. The number of benzene rings is 1. The number of pyridine rings is 1. The first-order chi connectivity index (χ1) is 9.66. The van der Waals surface area contributed by atoms with Gasteiger partial charge in [0, 0.05) is 18.4 Å². The molecule has 0 aliphatic heterocycles. The molecule has 20 heavy (non-hydrogen) atoms. The third-order valence-electron chi connectivity index (χ3n) is 3.01. The third-order valence-corrected chi connectivity index (χ3v) is 3.32. The number of amides is 1. The van der Waals surface area contributed by atoms with Crippen molar-refractivity contribution in [2.24, 2.45) is 0 Å². The Morgan fingerprint density at radius 2 is 2.05 bits per heavy atom. The maximum Gasteiger partial charge on any atom is 0.254 e. The minimum absolute atomic E-state index is 0.171. The van der Waals surface area contributed by atoms with E-state index in [9.17, 15) is 4.79 Å². The number of nitrogens with zero attached hydrogens (tertiary/aromatic N) is 1. The Bertz CT molecular complexity index is 584. The summed E-state index contributed by atoms with van der Waals surface area (Å²) in [4.78, 5) is 16.0. The van der Waals surface area contributed by atoms with Crippen molar-refractivity contribution in [3.8, 4) is 0 Å². The van der Waals surface area contributed by atoms with Gasteiger partial charge in [-0.25, -0.2) is 0 Å². The van der Waals surface area contributed by atoms with E-state index in [0.717, 1.165) is 18.5 Å². The van der Waals surface area contributed by atoms with Crippen molar-refractivity contribution < 1.29 is 4.79 Å². The Morgan fingerprint density at radius 1 is 1.30 bits per heavy atom. The zero-order chi connectivity index (χ0) is 14.4. The van der Waals surface area contributed by atoms with Crippen LogP contribution in [-0.4, -0.2) is 17.4 Å². The van der Waals surface area contributed by atoms with Crippen LogP contribution in [0, 0.1) is 6.92 Å². The van der Waals surface area contributed by atoms with E-state index < -0.39 is 0 Å². The molecule has 0 fully saturated rings. The maximum atomic E-state index is 12.0. The second kappa shape index (κ2) is 7.06. The van der Waals surface area contributed by atoms with Crippen molar-refractivity contribution >= 4 is 17.5 Å². The van der Waals surface area contributed by atoms with Gasteiger partial charge >= 0.3 is 0 Å². The van der Waals surface area contributed by atoms with E-state index >= 15 is 0 Å². The van der Waals surface area contributed by atoms with Crippen molar-refractivity contribution in [1.29, 1.82) is 0 Å². The molecule has 1 heterocycles. The van der Waals surface area contributed by atoms with Crippen molar-refractivity contribution in [1.82, 2.24) is 10.3 Å². The Kier molecular flexibility index (Phi) is 5.13. The van der Waals surface area contributed by atoms with Crippen LogP contribution in [0.5, 0.6) is 0 Å². The minimum Gasteiger partial charge on any atom is -0.352 e. The lowest BCUT2D eigenvalue weighted by molar-refractivity contribution is 0.0953. The summed E-state index contributed by atoms with van der Waals surface area (Å²) in [6, 6.07) is 11.9. The molecule has 3 nitrogen and oxygen atoms in total. The second-order valence-corrected chi connectivity index (χ2v) is 5.06. The van der Waals surface area contributed by atoms with E-state index in [1.165, 1.54) is 11.8 Å². The molecule has 1 aromatic carbocycles. The zero-order valence-corrected chi connectivity index (χ0v) is 12.2. The first-order valence-electron chi connectivity index (χ1n) is 6.61. The summed E-state index contributed by atoms with van der Waals surface area (Å²) in [6.07, 6.45) is 3.36. The molecule has 4 heteroatoms. The predicted octanol–water partition coefficient (Wildman–Crippen LogP) is 3.41. The first-order valence-corrected chi connectivity index (χ1v) is 6.99. The average molecular weight is 289 g/mol. The molecule has 104 valence electrons. The summed E-state index contributed by atoms with van der Waals surface area (Å²) in [5.41, 5.74) is 2.50. The van der Waals surface area contributed by atoms with Gasteiger partial charge in [0.1, 0.15) is 0 Å². The Balaban J connectivity index is 1.80. The van der Waals surface area contributed by atoms with E-state index in [1.807, 2.05) is 25.1 Å². The third kappa shape index (κ3) is 4.07. The van der Waals surface area contributed by atoms with Crippen molar-refractivity contribution in [3.63, 3.8) is 0 Å². The second-order valence-electron chi connectivity index (χ2n) is 4.65. The number of rotatable bonds is 5. The molecule has 0 unspecified atom stereocenters. The molecule has 0 aliphatic rings. The highest BCUT2D eigenvalue weighted by Crippen LogP contribution is 2.15. The van der Waals surface area contributed by atoms with Gasteiger partial charge in [0.05, 0.1) is 10.6 Å². The summed E-state index contributed by atoms with van der Waals surface area (Å²) in [6.45, 7) is 2.46. The molecule has 0 radical (unpaired) electrons. The van der Waals surface area contributed by atoms with E-state index in [1.54, 1.807) is 6.07 Å². The molecule has 0 saturated heterocycles. The quantitative estimate of drug-likeness (QED) is 0.857. The molecule has 0 aliphatic carbocycles. The van der Waals surface area contributed by atoms with Crippen LogP contribution >= 0.6 is 11.6 Å². The monoisotopic (exact) mass is 288 g/mol. The van der Waals surface area contributed by atoms with Gasteiger partial charge in [-0.1, -0.05) is 41.9 Å². The molecule has 2 aromatic rings. The van der Waals surface area contributed by atoms with Crippen LogP contribution in [0.4, 0.5) is 0 Å².